The number of hydrogen-bond acceptors (Lipinski definition) is 5. The number of carboxylic acids is 1. The molecule has 0 saturated heterocycles. The second kappa shape index (κ2) is 5.21. The van der Waals surface area contributed by atoms with Crippen LogP contribution in [-0.4, -0.2) is 34.4 Å². The van der Waals surface area contributed by atoms with E-state index in [0.717, 1.165) is 6.07 Å². The van der Waals surface area contributed by atoms with E-state index in [1.807, 2.05) is 0 Å². The first-order chi connectivity index (χ1) is 9.10. The number of carbonyl (C=O) groups is 2. The molecule has 19 heavy (non-hydrogen) atoms. The van der Waals surface area contributed by atoms with E-state index in [1.54, 1.807) is 24.3 Å². The molecule has 0 atom stereocenters. The zero-order chi connectivity index (χ0) is 13.8. The van der Waals surface area contributed by atoms with Crippen molar-refractivity contribution in [1.29, 1.82) is 0 Å². The van der Waals surface area contributed by atoms with E-state index in [9.17, 15) is 9.59 Å². The van der Waals surface area contributed by atoms with Gasteiger partial charge in [-0.05, 0) is 24.3 Å². The predicted molar refractivity (Wildman–Crippen MR) is 63.5 cm³/mol. The van der Waals surface area contributed by atoms with Crippen LogP contribution < -0.4 is 9.47 Å². The van der Waals surface area contributed by atoms with Crippen LogP contribution in [0.2, 0.25) is 0 Å². The number of ether oxygens (including phenoxy) is 2. The zero-order valence-electron chi connectivity index (χ0n) is 9.91. The monoisotopic (exact) mass is 262 g/mol. The lowest BCUT2D eigenvalue weighted by atomic mass is 10.3. The molecule has 0 aliphatic carbocycles. The Morgan fingerprint density at radius 3 is 2.37 bits per heavy atom. The molecule has 0 amide bonds. The van der Waals surface area contributed by atoms with Crippen LogP contribution >= 0.6 is 0 Å². The van der Waals surface area contributed by atoms with Crippen molar-refractivity contribution in [3.05, 3.63) is 41.7 Å². The van der Waals surface area contributed by atoms with Crippen LogP contribution in [0.4, 0.5) is 0 Å². The summed E-state index contributed by atoms with van der Waals surface area (Å²) in [6, 6.07) is 7.50. The summed E-state index contributed by atoms with van der Waals surface area (Å²) in [5, 5.41) is 14.4. The number of hydrogen-bond donors (Lipinski definition) is 2. The van der Waals surface area contributed by atoms with Crippen molar-refractivity contribution in [2.45, 2.75) is 0 Å². The van der Waals surface area contributed by atoms with Crippen molar-refractivity contribution < 1.29 is 24.2 Å². The quantitative estimate of drug-likeness (QED) is 0.636. The van der Waals surface area contributed by atoms with E-state index >= 15 is 0 Å². The number of methoxy groups -OCH3 is 1. The Balaban J connectivity index is 2.08. The van der Waals surface area contributed by atoms with Crippen molar-refractivity contribution in [3.8, 4) is 11.5 Å². The maximum absolute atomic E-state index is 11.7. The topological polar surface area (TPSA) is 102 Å². The molecule has 0 fully saturated rings. The van der Waals surface area contributed by atoms with E-state index in [2.05, 4.69) is 10.2 Å². The third-order valence-electron chi connectivity index (χ3n) is 2.29. The standard InChI is InChI=1S/C12H10N2O5/c1-18-7-2-4-8(5-3-7)19-12(17)10-6-9(11(15)16)13-14-10/h2-6H,1H3,(H,13,14)(H,15,16). The van der Waals surface area contributed by atoms with Crippen LogP contribution in [0.5, 0.6) is 11.5 Å². The van der Waals surface area contributed by atoms with Gasteiger partial charge < -0.3 is 14.6 Å². The number of carbonyl (C=O) groups excluding carboxylic acids is 1. The molecule has 1 heterocycles. The molecular formula is C12H10N2O5. The first-order valence-corrected chi connectivity index (χ1v) is 5.25. The number of nitrogens with one attached hydrogen (secondary N) is 1. The lowest BCUT2D eigenvalue weighted by molar-refractivity contribution is 0.0689. The van der Waals surface area contributed by atoms with Gasteiger partial charge in [-0.1, -0.05) is 0 Å². The number of aromatic amines is 1. The lowest BCUT2D eigenvalue weighted by Gasteiger charge is -2.03. The minimum Gasteiger partial charge on any atom is -0.497 e. The molecule has 7 heteroatoms. The largest absolute Gasteiger partial charge is 0.497 e. The van der Waals surface area contributed by atoms with Crippen molar-refractivity contribution in [2.24, 2.45) is 0 Å². The van der Waals surface area contributed by atoms with Crippen molar-refractivity contribution in [3.63, 3.8) is 0 Å². The fourth-order valence-electron chi connectivity index (χ4n) is 1.34. The van der Waals surface area contributed by atoms with Gasteiger partial charge >= 0.3 is 11.9 Å². The van der Waals surface area contributed by atoms with Gasteiger partial charge in [0.2, 0.25) is 0 Å². The van der Waals surface area contributed by atoms with Gasteiger partial charge in [-0.3, -0.25) is 5.10 Å². The second-order valence-corrected chi connectivity index (χ2v) is 3.54. The third-order valence-corrected chi connectivity index (χ3v) is 2.29. The summed E-state index contributed by atoms with van der Waals surface area (Å²) in [5.41, 5.74) is -0.283. The van der Waals surface area contributed by atoms with Crippen LogP contribution in [0.3, 0.4) is 0 Å². The number of aromatic nitrogens is 2. The zero-order valence-corrected chi connectivity index (χ0v) is 9.91. The van der Waals surface area contributed by atoms with Gasteiger partial charge in [0.1, 0.15) is 17.2 Å². The van der Waals surface area contributed by atoms with Crippen LogP contribution in [0.25, 0.3) is 0 Å². The average molecular weight is 262 g/mol. The number of benzene rings is 1. The first-order valence-electron chi connectivity index (χ1n) is 5.25. The number of carboxylic acid groups (broad SMARTS) is 1. The van der Waals surface area contributed by atoms with Crippen molar-refractivity contribution in [2.75, 3.05) is 7.11 Å². The van der Waals surface area contributed by atoms with E-state index in [-0.39, 0.29) is 11.4 Å². The van der Waals surface area contributed by atoms with Crippen molar-refractivity contribution >= 4 is 11.9 Å². The van der Waals surface area contributed by atoms with Gasteiger partial charge in [0, 0.05) is 6.07 Å². The second-order valence-electron chi connectivity index (χ2n) is 3.54. The molecule has 0 spiro atoms. The molecule has 2 rings (SSSR count). The van der Waals surface area contributed by atoms with E-state index in [0.29, 0.717) is 11.5 Å². The number of H-pyrrole nitrogens is 1. The molecule has 1 aromatic heterocycles. The predicted octanol–water partition coefficient (Wildman–Crippen LogP) is 1.34. The number of nitrogens with zero attached hydrogens (tertiary/aromatic N) is 1. The first kappa shape index (κ1) is 12.6. The highest BCUT2D eigenvalue weighted by molar-refractivity contribution is 5.93. The number of esters is 1. The fourth-order valence-corrected chi connectivity index (χ4v) is 1.34. The van der Waals surface area contributed by atoms with Crippen LogP contribution in [0.15, 0.2) is 30.3 Å². The number of rotatable bonds is 4. The molecule has 2 N–H and O–H groups in total. The fraction of sp³-hybridized carbons (Fsp3) is 0.0833. The van der Waals surface area contributed by atoms with Gasteiger partial charge in [-0.2, -0.15) is 5.10 Å². The Bertz CT molecular complexity index is 603. The highest BCUT2D eigenvalue weighted by Crippen LogP contribution is 2.18. The third kappa shape index (κ3) is 2.89. The van der Waals surface area contributed by atoms with Gasteiger partial charge in [0.25, 0.3) is 0 Å². The molecule has 1 aromatic carbocycles. The molecule has 98 valence electrons. The Hall–Kier alpha value is -2.83. The lowest BCUT2D eigenvalue weighted by Crippen LogP contribution is -2.08. The average Bonchev–Trinajstić information content (AvgIpc) is 2.89. The number of aromatic carboxylic acids is 1. The summed E-state index contributed by atoms with van der Waals surface area (Å²) >= 11 is 0. The van der Waals surface area contributed by atoms with Crippen molar-refractivity contribution in [1.82, 2.24) is 10.2 Å². The molecule has 0 saturated carbocycles. The van der Waals surface area contributed by atoms with Gasteiger partial charge in [0.05, 0.1) is 7.11 Å². The summed E-state index contributed by atoms with van der Waals surface area (Å²) in [6.07, 6.45) is 0. The molecule has 0 aliphatic heterocycles. The Labute approximate surface area is 107 Å². The van der Waals surface area contributed by atoms with E-state index in [4.69, 9.17) is 14.6 Å². The molecule has 0 unspecified atom stereocenters. The van der Waals surface area contributed by atoms with Crippen LogP contribution in [0, 0.1) is 0 Å². The maximum Gasteiger partial charge on any atom is 0.361 e. The molecule has 0 bridgehead atoms. The minimum absolute atomic E-state index is 0.0341. The normalized spacial score (nSPS) is 9.95. The molecule has 0 aliphatic rings. The molecular weight excluding hydrogens is 252 g/mol. The summed E-state index contributed by atoms with van der Waals surface area (Å²) in [4.78, 5) is 22.3. The van der Waals surface area contributed by atoms with Gasteiger partial charge in [0.15, 0.2) is 5.69 Å². The van der Waals surface area contributed by atoms with Gasteiger partial charge in [-0.25, -0.2) is 9.59 Å². The highest BCUT2D eigenvalue weighted by atomic mass is 16.5. The Morgan fingerprint density at radius 1 is 1.21 bits per heavy atom. The summed E-state index contributed by atoms with van der Waals surface area (Å²) in [5.74, 6) is -0.989. The van der Waals surface area contributed by atoms with Crippen LogP contribution in [0.1, 0.15) is 21.0 Å². The SMILES string of the molecule is COc1ccc(OC(=O)c2cc(C(=O)O)n[nH]2)cc1. The summed E-state index contributed by atoms with van der Waals surface area (Å²) in [7, 11) is 1.53. The Kier molecular flexibility index (Phi) is 3.46. The Morgan fingerprint density at radius 2 is 1.84 bits per heavy atom. The summed E-state index contributed by atoms with van der Waals surface area (Å²) in [6.45, 7) is 0. The highest BCUT2D eigenvalue weighted by Gasteiger charge is 2.15. The van der Waals surface area contributed by atoms with E-state index < -0.39 is 11.9 Å². The molecule has 7 nitrogen and oxygen atoms in total. The summed E-state index contributed by atoms with van der Waals surface area (Å²) < 4.78 is 10.0. The molecule has 2 aromatic rings. The molecule has 0 radical (unpaired) electrons. The van der Waals surface area contributed by atoms with Gasteiger partial charge in [-0.15, -0.1) is 0 Å². The minimum atomic E-state index is -1.22. The van der Waals surface area contributed by atoms with E-state index in [1.165, 1.54) is 7.11 Å². The van der Waals surface area contributed by atoms with Crippen LogP contribution in [-0.2, 0) is 0 Å². The maximum atomic E-state index is 11.7. The smallest absolute Gasteiger partial charge is 0.361 e.